The van der Waals surface area contributed by atoms with Crippen LogP contribution in [0.5, 0.6) is 0 Å². The van der Waals surface area contributed by atoms with Gasteiger partial charge >= 0.3 is 0 Å². The Balaban J connectivity index is 1.73. The molecule has 0 aromatic heterocycles. The number of rotatable bonds is 1. The van der Waals surface area contributed by atoms with E-state index in [1.54, 1.807) is 0 Å². The van der Waals surface area contributed by atoms with Crippen LogP contribution in [0.25, 0.3) is 0 Å². The molecule has 3 nitrogen and oxygen atoms in total. The average molecular weight is 285 g/mol. The van der Waals surface area contributed by atoms with Crippen molar-refractivity contribution in [3.05, 3.63) is 35.9 Å². The molecule has 2 saturated heterocycles. The Hall–Kier alpha value is -1.35. The van der Waals surface area contributed by atoms with Gasteiger partial charge in [0.2, 0.25) is 5.91 Å². The normalized spacial score (nSPS) is 39.0. The van der Waals surface area contributed by atoms with Gasteiger partial charge in [0.05, 0.1) is 12.6 Å². The molecule has 0 N–H and O–H groups in total. The van der Waals surface area contributed by atoms with Gasteiger partial charge in [0.1, 0.15) is 5.72 Å². The van der Waals surface area contributed by atoms with Crippen LogP contribution >= 0.6 is 0 Å². The van der Waals surface area contributed by atoms with Crippen LogP contribution in [-0.4, -0.2) is 23.1 Å². The van der Waals surface area contributed by atoms with Crippen LogP contribution in [0, 0.1) is 11.8 Å². The molecule has 1 aliphatic carbocycles. The predicted octanol–water partition coefficient (Wildman–Crippen LogP) is 3.51. The van der Waals surface area contributed by atoms with Crippen LogP contribution in [0.4, 0.5) is 0 Å². The smallest absolute Gasteiger partial charge is 0.225 e. The maximum Gasteiger partial charge on any atom is 0.225 e. The summed E-state index contributed by atoms with van der Waals surface area (Å²) in [4.78, 5) is 14.8. The van der Waals surface area contributed by atoms with E-state index in [0.717, 1.165) is 12.8 Å². The number of amides is 1. The predicted molar refractivity (Wildman–Crippen MR) is 80.5 cm³/mol. The number of hydrogen-bond acceptors (Lipinski definition) is 2. The molecule has 112 valence electrons. The second kappa shape index (κ2) is 4.84. The first-order valence-electron chi connectivity index (χ1n) is 8.22. The van der Waals surface area contributed by atoms with Crippen molar-refractivity contribution in [3.8, 4) is 0 Å². The number of carbonyl (C=O) groups excluding carboxylic acids is 1. The highest BCUT2D eigenvalue weighted by Crippen LogP contribution is 2.53. The number of hydrogen-bond donors (Lipinski definition) is 0. The molecule has 3 aliphatic rings. The minimum atomic E-state index is -0.312. The van der Waals surface area contributed by atoms with Crippen molar-refractivity contribution in [2.45, 2.75) is 50.8 Å². The van der Waals surface area contributed by atoms with E-state index >= 15 is 0 Å². The summed E-state index contributed by atoms with van der Waals surface area (Å²) in [5.74, 6) is 1.45. The SMILES string of the molecule is C[C@@H]1CC[C@@H]2CCC(=O)N3[C@@H](c4ccccc4)CO[C@@]23C1. The summed E-state index contributed by atoms with van der Waals surface area (Å²) in [6.07, 6.45) is 5.17. The zero-order chi connectivity index (χ0) is 14.4. The van der Waals surface area contributed by atoms with E-state index < -0.39 is 0 Å². The fourth-order valence-electron chi connectivity index (χ4n) is 4.68. The molecule has 1 aromatic rings. The molecule has 3 fully saturated rings. The van der Waals surface area contributed by atoms with Gasteiger partial charge in [0, 0.05) is 12.3 Å². The minimum Gasteiger partial charge on any atom is -0.353 e. The summed E-state index contributed by atoms with van der Waals surface area (Å²) in [7, 11) is 0. The minimum absolute atomic E-state index is 0.104. The molecule has 1 spiro atoms. The third kappa shape index (κ3) is 1.94. The first-order valence-corrected chi connectivity index (χ1v) is 8.22. The van der Waals surface area contributed by atoms with Gasteiger partial charge in [0.15, 0.2) is 0 Å². The van der Waals surface area contributed by atoms with Crippen LogP contribution in [-0.2, 0) is 9.53 Å². The molecule has 4 atom stereocenters. The Morgan fingerprint density at radius 2 is 2.00 bits per heavy atom. The molecule has 0 bridgehead atoms. The molecule has 1 aromatic carbocycles. The Morgan fingerprint density at radius 1 is 1.19 bits per heavy atom. The van der Waals surface area contributed by atoms with Gasteiger partial charge in [-0.25, -0.2) is 0 Å². The van der Waals surface area contributed by atoms with Gasteiger partial charge in [-0.2, -0.15) is 0 Å². The third-order valence-electron chi connectivity index (χ3n) is 5.66. The van der Waals surface area contributed by atoms with Gasteiger partial charge in [-0.3, -0.25) is 4.79 Å². The molecule has 21 heavy (non-hydrogen) atoms. The summed E-state index contributed by atoms with van der Waals surface area (Å²) in [5.41, 5.74) is 0.898. The molecule has 2 aliphatic heterocycles. The van der Waals surface area contributed by atoms with E-state index in [9.17, 15) is 4.79 Å². The van der Waals surface area contributed by atoms with E-state index in [-0.39, 0.29) is 17.7 Å². The monoisotopic (exact) mass is 285 g/mol. The van der Waals surface area contributed by atoms with Crippen LogP contribution < -0.4 is 0 Å². The largest absolute Gasteiger partial charge is 0.353 e. The average Bonchev–Trinajstić information content (AvgIpc) is 2.88. The van der Waals surface area contributed by atoms with Gasteiger partial charge in [-0.15, -0.1) is 0 Å². The number of nitrogens with zero attached hydrogens (tertiary/aromatic N) is 1. The molecule has 1 saturated carbocycles. The van der Waals surface area contributed by atoms with Crippen molar-refractivity contribution in [1.82, 2.24) is 4.90 Å². The molecule has 0 unspecified atom stereocenters. The lowest BCUT2D eigenvalue weighted by atomic mass is 9.71. The molecular formula is C18H23NO2. The van der Waals surface area contributed by atoms with Gasteiger partial charge < -0.3 is 9.64 Å². The molecule has 2 heterocycles. The van der Waals surface area contributed by atoms with Crippen molar-refractivity contribution in [2.75, 3.05) is 6.61 Å². The van der Waals surface area contributed by atoms with Crippen LogP contribution in [0.15, 0.2) is 30.3 Å². The first-order chi connectivity index (χ1) is 10.2. The molecule has 4 rings (SSSR count). The van der Waals surface area contributed by atoms with E-state index in [2.05, 4.69) is 36.1 Å². The second-order valence-corrected chi connectivity index (χ2v) is 6.97. The highest BCUT2D eigenvalue weighted by atomic mass is 16.5. The van der Waals surface area contributed by atoms with Crippen molar-refractivity contribution < 1.29 is 9.53 Å². The van der Waals surface area contributed by atoms with Crippen LogP contribution in [0.2, 0.25) is 0 Å². The van der Waals surface area contributed by atoms with E-state index in [0.29, 0.717) is 24.9 Å². The maximum atomic E-state index is 12.7. The standard InChI is InChI=1S/C18H23NO2/c1-13-7-8-15-9-10-17(20)19-16(12-21-18(15,19)11-13)14-5-3-2-4-6-14/h2-6,13,15-16H,7-12H2,1H3/t13-,15-,16-,18+/m1/s1. The van der Waals surface area contributed by atoms with Crippen molar-refractivity contribution in [2.24, 2.45) is 11.8 Å². The summed E-state index contributed by atoms with van der Waals surface area (Å²) in [5, 5.41) is 0. The Kier molecular flexibility index (Phi) is 3.07. The Labute approximate surface area is 126 Å². The maximum absolute atomic E-state index is 12.7. The first kappa shape index (κ1) is 13.3. The molecular weight excluding hydrogens is 262 g/mol. The van der Waals surface area contributed by atoms with Gasteiger partial charge in [0.25, 0.3) is 0 Å². The Bertz CT molecular complexity index is 543. The zero-order valence-corrected chi connectivity index (χ0v) is 12.6. The number of benzene rings is 1. The number of ether oxygens (including phenoxy) is 1. The fraction of sp³-hybridized carbons (Fsp3) is 0.611. The lowest BCUT2D eigenvalue weighted by molar-refractivity contribution is -0.190. The summed E-state index contributed by atoms with van der Waals surface area (Å²) >= 11 is 0. The van der Waals surface area contributed by atoms with E-state index in [1.807, 2.05) is 6.07 Å². The number of piperidine rings is 1. The lowest BCUT2D eigenvalue weighted by Gasteiger charge is -2.52. The topological polar surface area (TPSA) is 29.5 Å². The van der Waals surface area contributed by atoms with Crippen LogP contribution in [0.1, 0.15) is 50.6 Å². The summed E-state index contributed by atoms with van der Waals surface area (Å²) in [6.45, 7) is 2.94. The van der Waals surface area contributed by atoms with Gasteiger partial charge in [-0.1, -0.05) is 43.7 Å². The van der Waals surface area contributed by atoms with Crippen molar-refractivity contribution >= 4 is 5.91 Å². The molecule has 1 amide bonds. The van der Waals surface area contributed by atoms with E-state index in [1.165, 1.54) is 18.4 Å². The fourth-order valence-corrected chi connectivity index (χ4v) is 4.68. The highest BCUT2D eigenvalue weighted by Gasteiger charge is 2.58. The van der Waals surface area contributed by atoms with Crippen molar-refractivity contribution in [1.29, 1.82) is 0 Å². The zero-order valence-electron chi connectivity index (χ0n) is 12.6. The van der Waals surface area contributed by atoms with E-state index in [4.69, 9.17) is 4.74 Å². The van der Waals surface area contributed by atoms with Crippen LogP contribution in [0.3, 0.4) is 0 Å². The van der Waals surface area contributed by atoms with Crippen molar-refractivity contribution in [3.63, 3.8) is 0 Å². The second-order valence-electron chi connectivity index (χ2n) is 6.97. The van der Waals surface area contributed by atoms with Gasteiger partial charge in [-0.05, 0) is 30.7 Å². The number of carbonyl (C=O) groups is 1. The summed E-state index contributed by atoms with van der Waals surface area (Å²) < 4.78 is 6.36. The summed E-state index contributed by atoms with van der Waals surface area (Å²) in [6, 6.07) is 10.5. The molecule has 3 heteroatoms. The lowest BCUT2D eigenvalue weighted by Crippen LogP contribution is -2.59. The molecule has 0 radical (unpaired) electrons. The third-order valence-corrected chi connectivity index (χ3v) is 5.66. The quantitative estimate of drug-likeness (QED) is 0.790. The highest BCUT2D eigenvalue weighted by molar-refractivity contribution is 5.79. The Morgan fingerprint density at radius 3 is 2.81 bits per heavy atom.